The quantitative estimate of drug-likeness (QED) is 0.749. The van der Waals surface area contributed by atoms with Crippen LogP contribution in [0.1, 0.15) is 20.3 Å². The first-order chi connectivity index (χ1) is 9.29. The number of nitrogens with zero attached hydrogens (tertiary/aromatic N) is 2. The van der Waals surface area contributed by atoms with E-state index < -0.39 is 12.0 Å². The van der Waals surface area contributed by atoms with E-state index in [0.717, 1.165) is 0 Å². The fraction of sp³-hybridized carbons (Fsp3) is 0.643. The Bertz CT molecular complexity index is 419. The van der Waals surface area contributed by atoms with Crippen molar-refractivity contribution in [1.82, 2.24) is 9.80 Å². The van der Waals surface area contributed by atoms with Crippen LogP contribution in [-0.4, -0.2) is 58.9 Å². The Morgan fingerprint density at radius 1 is 1.40 bits per heavy atom. The average Bonchev–Trinajstić information content (AvgIpc) is 2.85. The van der Waals surface area contributed by atoms with Crippen LogP contribution >= 0.6 is 0 Å². The largest absolute Gasteiger partial charge is 0.480 e. The first-order valence-corrected chi connectivity index (χ1v) is 6.70. The topological polar surface area (TPSA) is 77.9 Å². The summed E-state index contributed by atoms with van der Waals surface area (Å²) in [7, 11) is 1.51. The Labute approximate surface area is 119 Å². The first kappa shape index (κ1) is 16.2. The van der Waals surface area contributed by atoms with Gasteiger partial charge in [0.15, 0.2) is 0 Å². The van der Waals surface area contributed by atoms with Crippen LogP contribution in [0.15, 0.2) is 12.7 Å². The summed E-state index contributed by atoms with van der Waals surface area (Å²) in [5, 5.41) is 9.21. The number of aliphatic carboxylic acids is 1. The fourth-order valence-electron chi connectivity index (χ4n) is 2.61. The highest BCUT2D eigenvalue weighted by atomic mass is 16.4. The SMILES string of the molecule is C=CC(=O)N1CC[C@H](C(=O)N(C)[C@H](C(=O)O)C(C)C)C1. The second kappa shape index (κ2) is 6.54. The summed E-state index contributed by atoms with van der Waals surface area (Å²) < 4.78 is 0. The molecule has 1 N–H and O–H groups in total. The van der Waals surface area contributed by atoms with Gasteiger partial charge in [0.2, 0.25) is 11.8 Å². The maximum absolute atomic E-state index is 12.4. The molecule has 1 fully saturated rings. The molecule has 1 saturated heterocycles. The minimum Gasteiger partial charge on any atom is -0.480 e. The van der Waals surface area contributed by atoms with Gasteiger partial charge < -0.3 is 14.9 Å². The van der Waals surface area contributed by atoms with Gasteiger partial charge in [0.1, 0.15) is 6.04 Å². The Morgan fingerprint density at radius 3 is 2.45 bits per heavy atom. The molecule has 0 bridgehead atoms. The van der Waals surface area contributed by atoms with E-state index in [9.17, 15) is 19.5 Å². The summed E-state index contributed by atoms with van der Waals surface area (Å²) >= 11 is 0. The number of carboxylic acids is 1. The Morgan fingerprint density at radius 2 is 2.00 bits per heavy atom. The molecule has 0 aliphatic carbocycles. The van der Waals surface area contributed by atoms with Crippen molar-refractivity contribution < 1.29 is 19.5 Å². The third-order valence-electron chi connectivity index (χ3n) is 3.67. The molecule has 6 heteroatoms. The lowest BCUT2D eigenvalue weighted by Gasteiger charge is -2.29. The minimum absolute atomic E-state index is 0.172. The van der Waals surface area contributed by atoms with E-state index in [4.69, 9.17) is 0 Å². The predicted octanol–water partition coefficient (Wildman–Crippen LogP) is 0.589. The highest BCUT2D eigenvalue weighted by Gasteiger charge is 2.36. The number of hydrogen-bond donors (Lipinski definition) is 1. The summed E-state index contributed by atoms with van der Waals surface area (Å²) in [5.74, 6) is -1.92. The zero-order chi connectivity index (χ0) is 15.4. The van der Waals surface area contributed by atoms with Crippen molar-refractivity contribution >= 4 is 17.8 Å². The van der Waals surface area contributed by atoms with Gasteiger partial charge in [-0.2, -0.15) is 0 Å². The fourth-order valence-corrected chi connectivity index (χ4v) is 2.61. The lowest BCUT2D eigenvalue weighted by Crippen LogP contribution is -2.48. The lowest BCUT2D eigenvalue weighted by molar-refractivity contribution is -0.152. The Hall–Kier alpha value is -1.85. The monoisotopic (exact) mass is 282 g/mol. The number of likely N-dealkylation sites (tertiary alicyclic amines) is 1. The van der Waals surface area contributed by atoms with E-state index in [1.54, 1.807) is 18.7 Å². The molecule has 20 heavy (non-hydrogen) atoms. The van der Waals surface area contributed by atoms with E-state index in [2.05, 4.69) is 6.58 Å². The molecule has 0 aromatic carbocycles. The predicted molar refractivity (Wildman–Crippen MR) is 73.9 cm³/mol. The van der Waals surface area contributed by atoms with Crippen LogP contribution in [0.4, 0.5) is 0 Å². The summed E-state index contributed by atoms with van der Waals surface area (Å²) in [6.45, 7) is 7.80. The number of carbonyl (C=O) groups excluding carboxylic acids is 2. The first-order valence-electron chi connectivity index (χ1n) is 6.70. The van der Waals surface area contributed by atoms with Gasteiger partial charge >= 0.3 is 5.97 Å². The maximum Gasteiger partial charge on any atom is 0.326 e. The van der Waals surface area contributed by atoms with Crippen molar-refractivity contribution in [3.8, 4) is 0 Å². The molecule has 0 radical (unpaired) electrons. The second-order valence-electron chi connectivity index (χ2n) is 5.45. The van der Waals surface area contributed by atoms with Crippen molar-refractivity contribution in [3.05, 3.63) is 12.7 Å². The van der Waals surface area contributed by atoms with Crippen molar-refractivity contribution in [2.75, 3.05) is 20.1 Å². The van der Waals surface area contributed by atoms with Crippen LogP contribution in [0.5, 0.6) is 0 Å². The highest BCUT2D eigenvalue weighted by molar-refractivity contribution is 5.89. The molecule has 0 aromatic rings. The van der Waals surface area contributed by atoms with Crippen LogP contribution in [0.3, 0.4) is 0 Å². The molecule has 0 unspecified atom stereocenters. The Balaban J connectivity index is 2.73. The second-order valence-corrected chi connectivity index (χ2v) is 5.45. The van der Waals surface area contributed by atoms with E-state index in [1.165, 1.54) is 18.0 Å². The molecule has 1 aliphatic heterocycles. The van der Waals surface area contributed by atoms with Crippen LogP contribution < -0.4 is 0 Å². The van der Waals surface area contributed by atoms with Gasteiger partial charge in [-0.1, -0.05) is 20.4 Å². The van der Waals surface area contributed by atoms with Crippen LogP contribution in [0.25, 0.3) is 0 Å². The van der Waals surface area contributed by atoms with Gasteiger partial charge in [-0.05, 0) is 18.4 Å². The zero-order valence-electron chi connectivity index (χ0n) is 12.2. The highest BCUT2D eigenvalue weighted by Crippen LogP contribution is 2.21. The number of rotatable bonds is 5. The van der Waals surface area contributed by atoms with Gasteiger partial charge in [0.05, 0.1) is 5.92 Å². The van der Waals surface area contributed by atoms with Crippen LogP contribution in [0, 0.1) is 11.8 Å². The molecule has 0 saturated carbocycles. The number of carbonyl (C=O) groups is 3. The van der Waals surface area contributed by atoms with E-state index in [0.29, 0.717) is 19.5 Å². The van der Waals surface area contributed by atoms with Crippen molar-refractivity contribution in [3.63, 3.8) is 0 Å². The average molecular weight is 282 g/mol. The van der Waals surface area contributed by atoms with Crippen LogP contribution in [0.2, 0.25) is 0 Å². The summed E-state index contributed by atoms with van der Waals surface area (Å²) in [6, 6.07) is -0.841. The molecule has 0 spiro atoms. The molecule has 1 aliphatic rings. The lowest BCUT2D eigenvalue weighted by atomic mass is 10.0. The number of hydrogen-bond acceptors (Lipinski definition) is 3. The summed E-state index contributed by atoms with van der Waals surface area (Å²) in [4.78, 5) is 37.9. The molecule has 112 valence electrons. The molecule has 2 amide bonds. The smallest absolute Gasteiger partial charge is 0.326 e. The molecule has 1 rings (SSSR count). The number of likely N-dealkylation sites (N-methyl/N-ethyl adjacent to an activating group) is 1. The van der Waals surface area contributed by atoms with Crippen molar-refractivity contribution in [2.45, 2.75) is 26.3 Å². The zero-order valence-corrected chi connectivity index (χ0v) is 12.2. The van der Waals surface area contributed by atoms with E-state index in [-0.39, 0.29) is 23.7 Å². The molecule has 6 nitrogen and oxygen atoms in total. The Kier molecular flexibility index (Phi) is 5.30. The molecular formula is C14H22N2O4. The summed E-state index contributed by atoms with van der Waals surface area (Å²) in [5.41, 5.74) is 0. The summed E-state index contributed by atoms with van der Waals surface area (Å²) in [6.07, 6.45) is 1.79. The standard InChI is InChI=1S/C14H22N2O4/c1-5-11(17)16-7-6-10(8-16)13(18)15(4)12(9(2)3)14(19)20/h5,9-10,12H,1,6-8H2,2-4H3,(H,19,20)/t10-,12-/m0/s1. The minimum atomic E-state index is -1.01. The number of amides is 2. The third-order valence-corrected chi connectivity index (χ3v) is 3.67. The third kappa shape index (κ3) is 3.37. The van der Waals surface area contributed by atoms with Gasteiger partial charge in [-0.25, -0.2) is 4.79 Å². The van der Waals surface area contributed by atoms with E-state index in [1.807, 2.05) is 0 Å². The molecular weight excluding hydrogens is 260 g/mol. The number of carboxylic acid groups (broad SMARTS) is 1. The van der Waals surface area contributed by atoms with Gasteiger partial charge in [-0.3, -0.25) is 9.59 Å². The van der Waals surface area contributed by atoms with Gasteiger partial charge in [0.25, 0.3) is 0 Å². The molecule has 0 aromatic heterocycles. The van der Waals surface area contributed by atoms with Crippen molar-refractivity contribution in [1.29, 1.82) is 0 Å². The normalized spacial score (nSPS) is 19.8. The molecule has 1 heterocycles. The molecule has 2 atom stereocenters. The van der Waals surface area contributed by atoms with E-state index >= 15 is 0 Å². The maximum atomic E-state index is 12.4. The van der Waals surface area contributed by atoms with Gasteiger partial charge in [-0.15, -0.1) is 0 Å². The van der Waals surface area contributed by atoms with Crippen LogP contribution in [-0.2, 0) is 14.4 Å². The van der Waals surface area contributed by atoms with Gasteiger partial charge in [0, 0.05) is 20.1 Å². The van der Waals surface area contributed by atoms with Crippen molar-refractivity contribution in [2.24, 2.45) is 11.8 Å².